The molecule has 0 aliphatic carbocycles. The van der Waals surface area contributed by atoms with Crippen LogP contribution in [-0.2, 0) is 16.1 Å². The number of thiophene rings is 1. The summed E-state index contributed by atoms with van der Waals surface area (Å²) >= 11 is 2.97. The first kappa shape index (κ1) is 16.7. The highest BCUT2D eigenvalue weighted by Crippen LogP contribution is 2.22. The number of hydrogen-bond acceptors (Lipinski definition) is 7. The maximum absolute atomic E-state index is 12.8. The molecule has 5 nitrogen and oxygen atoms in total. The second-order valence-corrected chi connectivity index (χ2v) is 6.82. The fourth-order valence-corrected chi connectivity index (χ4v) is 3.30. The van der Waals surface area contributed by atoms with E-state index in [1.54, 1.807) is 12.1 Å². The fraction of sp³-hybridized carbons (Fsp3) is 0.188. The first-order valence-electron chi connectivity index (χ1n) is 7.11. The van der Waals surface area contributed by atoms with Gasteiger partial charge in [0.2, 0.25) is 5.82 Å². The van der Waals surface area contributed by atoms with E-state index in [9.17, 15) is 9.18 Å². The Morgan fingerprint density at radius 1 is 1.29 bits per heavy atom. The van der Waals surface area contributed by atoms with Crippen molar-refractivity contribution < 1.29 is 18.4 Å². The van der Waals surface area contributed by atoms with E-state index < -0.39 is 0 Å². The van der Waals surface area contributed by atoms with Crippen molar-refractivity contribution in [2.45, 2.75) is 17.9 Å². The molecule has 0 radical (unpaired) electrons. The Kier molecular flexibility index (Phi) is 5.60. The molecule has 0 fully saturated rings. The van der Waals surface area contributed by atoms with E-state index in [-0.39, 0.29) is 30.7 Å². The zero-order valence-corrected chi connectivity index (χ0v) is 14.1. The van der Waals surface area contributed by atoms with Crippen molar-refractivity contribution in [1.29, 1.82) is 0 Å². The number of nitrogens with zero attached hydrogens (tertiary/aromatic N) is 2. The average molecular weight is 364 g/mol. The van der Waals surface area contributed by atoms with Gasteiger partial charge in [-0.15, -0.1) is 23.1 Å². The molecule has 0 amide bonds. The van der Waals surface area contributed by atoms with Crippen LogP contribution in [0.2, 0.25) is 0 Å². The number of rotatable bonds is 7. The number of aromatic nitrogens is 2. The quantitative estimate of drug-likeness (QED) is 0.463. The average Bonchev–Trinajstić information content (AvgIpc) is 3.26. The third-order valence-corrected chi connectivity index (χ3v) is 4.83. The van der Waals surface area contributed by atoms with Gasteiger partial charge in [-0.3, -0.25) is 4.79 Å². The Hall–Kier alpha value is -2.19. The van der Waals surface area contributed by atoms with Crippen molar-refractivity contribution in [2.75, 3.05) is 5.75 Å². The summed E-state index contributed by atoms with van der Waals surface area (Å²) in [7, 11) is 0. The molecule has 3 rings (SSSR count). The summed E-state index contributed by atoms with van der Waals surface area (Å²) in [5.41, 5.74) is 0. The van der Waals surface area contributed by atoms with Crippen LogP contribution >= 0.6 is 23.1 Å². The lowest BCUT2D eigenvalue weighted by molar-refractivity contribution is -0.145. The molecule has 0 saturated carbocycles. The first-order chi connectivity index (χ1) is 11.7. The van der Waals surface area contributed by atoms with Gasteiger partial charge in [-0.05, 0) is 35.7 Å². The van der Waals surface area contributed by atoms with Crippen LogP contribution < -0.4 is 0 Å². The Labute approximate surface area is 145 Å². The SMILES string of the molecule is O=C(CCSc1ccc(F)cc1)OCc1nc(-c2cccs2)no1. The van der Waals surface area contributed by atoms with Crippen molar-refractivity contribution in [3.8, 4) is 10.7 Å². The van der Waals surface area contributed by atoms with Crippen LogP contribution in [0.25, 0.3) is 10.7 Å². The maximum Gasteiger partial charge on any atom is 0.307 e. The van der Waals surface area contributed by atoms with E-state index in [1.807, 2.05) is 17.5 Å². The van der Waals surface area contributed by atoms with E-state index in [4.69, 9.17) is 9.26 Å². The van der Waals surface area contributed by atoms with Crippen molar-refractivity contribution in [1.82, 2.24) is 10.1 Å². The number of hydrogen-bond donors (Lipinski definition) is 0. The molecule has 0 unspecified atom stereocenters. The van der Waals surface area contributed by atoms with Crippen molar-refractivity contribution >= 4 is 29.1 Å². The van der Waals surface area contributed by atoms with Gasteiger partial charge in [-0.2, -0.15) is 4.98 Å². The van der Waals surface area contributed by atoms with Crippen LogP contribution in [0.4, 0.5) is 4.39 Å². The largest absolute Gasteiger partial charge is 0.456 e. The van der Waals surface area contributed by atoms with Crippen molar-refractivity contribution in [3.63, 3.8) is 0 Å². The zero-order valence-electron chi connectivity index (χ0n) is 12.5. The molecule has 2 heterocycles. The van der Waals surface area contributed by atoms with Gasteiger partial charge < -0.3 is 9.26 Å². The van der Waals surface area contributed by atoms with Gasteiger partial charge in [-0.1, -0.05) is 11.2 Å². The summed E-state index contributed by atoms with van der Waals surface area (Å²) in [5.74, 6) is 0.677. The van der Waals surface area contributed by atoms with Gasteiger partial charge in [0.25, 0.3) is 5.89 Å². The third kappa shape index (κ3) is 4.65. The highest BCUT2D eigenvalue weighted by atomic mass is 32.2. The minimum atomic E-state index is -0.347. The van der Waals surface area contributed by atoms with Crippen LogP contribution in [0.3, 0.4) is 0 Å². The van der Waals surface area contributed by atoms with Gasteiger partial charge in [-0.25, -0.2) is 4.39 Å². The second-order valence-electron chi connectivity index (χ2n) is 4.70. The predicted octanol–water partition coefficient (Wildman–Crippen LogP) is 4.16. The van der Waals surface area contributed by atoms with E-state index >= 15 is 0 Å². The van der Waals surface area contributed by atoms with Crippen LogP contribution in [0.15, 0.2) is 51.2 Å². The van der Waals surface area contributed by atoms with Gasteiger partial charge in [0.05, 0.1) is 11.3 Å². The summed E-state index contributed by atoms with van der Waals surface area (Å²) in [6, 6.07) is 9.92. The topological polar surface area (TPSA) is 65.2 Å². The van der Waals surface area contributed by atoms with Gasteiger partial charge in [0.15, 0.2) is 6.61 Å². The number of benzene rings is 1. The molecule has 0 spiro atoms. The number of carbonyl (C=O) groups excluding carboxylic acids is 1. The molecule has 124 valence electrons. The van der Waals surface area contributed by atoms with Crippen molar-refractivity contribution in [3.05, 3.63) is 53.5 Å². The maximum atomic E-state index is 12.8. The summed E-state index contributed by atoms with van der Waals surface area (Å²) in [6.45, 7) is -0.0432. The summed E-state index contributed by atoms with van der Waals surface area (Å²) in [5, 5.41) is 5.76. The van der Waals surface area contributed by atoms with Crippen LogP contribution in [0.1, 0.15) is 12.3 Å². The third-order valence-electron chi connectivity index (χ3n) is 2.95. The lowest BCUT2D eigenvalue weighted by Crippen LogP contribution is -2.05. The van der Waals surface area contributed by atoms with E-state index in [0.29, 0.717) is 11.6 Å². The molecular weight excluding hydrogens is 351 g/mol. The van der Waals surface area contributed by atoms with E-state index in [0.717, 1.165) is 9.77 Å². The molecule has 0 bridgehead atoms. The smallest absolute Gasteiger partial charge is 0.307 e. The molecule has 0 saturated heterocycles. The Morgan fingerprint density at radius 2 is 2.12 bits per heavy atom. The highest BCUT2D eigenvalue weighted by molar-refractivity contribution is 7.99. The monoisotopic (exact) mass is 364 g/mol. The first-order valence-corrected chi connectivity index (χ1v) is 8.98. The number of carbonyl (C=O) groups is 1. The number of halogens is 1. The minimum Gasteiger partial charge on any atom is -0.456 e. The normalized spacial score (nSPS) is 10.7. The molecule has 3 aromatic rings. The molecule has 1 aromatic carbocycles. The Bertz CT molecular complexity index is 788. The van der Waals surface area contributed by atoms with Gasteiger partial charge in [0.1, 0.15) is 5.82 Å². The number of thioether (sulfide) groups is 1. The van der Waals surface area contributed by atoms with Gasteiger partial charge in [0, 0.05) is 10.6 Å². The minimum absolute atomic E-state index is 0.0432. The number of esters is 1. The van der Waals surface area contributed by atoms with Gasteiger partial charge >= 0.3 is 5.97 Å². The molecule has 0 aliphatic heterocycles. The Morgan fingerprint density at radius 3 is 2.88 bits per heavy atom. The summed E-state index contributed by atoms with van der Waals surface area (Å²) in [4.78, 5) is 17.7. The van der Waals surface area contributed by atoms with E-state index in [1.165, 1.54) is 35.2 Å². The van der Waals surface area contributed by atoms with Crippen molar-refractivity contribution in [2.24, 2.45) is 0 Å². The molecule has 0 aliphatic rings. The Balaban J connectivity index is 1.40. The predicted molar refractivity (Wildman–Crippen MR) is 89.1 cm³/mol. The fourth-order valence-electron chi connectivity index (χ4n) is 1.82. The summed E-state index contributed by atoms with van der Waals surface area (Å²) in [6.07, 6.45) is 0.244. The van der Waals surface area contributed by atoms with E-state index in [2.05, 4.69) is 10.1 Å². The van der Waals surface area contributed by atoms with Crippen LogP contribution in [0, 0.1) is 5.82 Å². The zero-order chi connectivity index (χ0) is 16.8. The second kappa shape index (κ2) is 8.07. The molecule has 8 heteroatoms. The molecule has 0 atom stereocenters. The summed E-state index contributed by atoms with van der Waals surface area (Å²) < 4.78 is 22.9. The lowest BCUT2D eigenvalue weighted by Gasteiger charge is -2.02. The standard InChI is InChI=1S/C16H13FN2O3S2/c17-11-3-5-12(6-4-11)23-9-7-15(20)21-10-14-18-16(19-22-14)13-2-1-8-24-13/h1-6,8H,7,9-10H2. The molecule has 0 N–H and O–H groups in total. The molecule has 24 heavy (non-hydrogen) atoms. The number of ether oxygens (including phenoxy) is 1. The molecule has 2 aromatic heterocycles. The van der Waals surface area contributed by atoms with Crippen LogP contribution in [0.5, 0.6) is 0 Å². The lowest BCUT2D eigenvalue weighted by atomic mass is 10.4. The van der Waals surface area contributed by atoms with Crippen LogP contribution in [-0.4, -0.2) is 21.9 Å². The highest BCUT2D eigenvalue weighted by Gasteiger charge is 2.11. The molecular formula is C16H13FN2O3S2.